The Balaban J connectivity index is 1.89. The summed E-state index contributed by atoms with van der Waals surface area (Å²) in [7, 11) is 2.89. The number of imidazole rings is 1. The number of carbonyl (C=O) groups is 1. The van der Waals surface area contributed by atoms with Crippen LogP contribution in [0.5, 0.6) is 0 Å². The topological polar surface area (TPSA) is 90.9 Å². The first kappa shape index (κ1) is 17.6. The molecule has 0 unspecified atom stereocenters. The summed E-state index contributed by atoms with van der Waals surface area (Å²) in [5.74, 6) is -0.677. The maximum atomic E-state index is 12.9. The molecule has 0 saturated heterocycles. The number of rotatable bonds is 4. The zero-order chi connectivity index (χ0) is 19.0. The number of hydrogen-bond donors (Lipinski definition) is 1. The van der Waals surface area contributed by atoms with Gasteiger partial charge in [-0.25, -0.2) is 14.2 Å². The van der Waals surface area contributed by atoms with Gasteiger partial charge in [0.05, 0.1) is 6.33 Å². The van der Waals surface area contributed by atoms with E-state index in [9.17, 15) is 18.8 Å². The van der Waals surface area contributed by atoms with E-state index in [0.717, 1.165) is 10.1 Å². The van der Waals surface area contributed by atoms with Crippen LogP contribution in [0.25, 0.3) is 11.2 Å². The maximum Gasteiger partial charge on any atom is 0.332 e. The predicted molar refractivity (Wildman–Crippen MR) is 93.2 cm³/mol. The molecular weight excluding hydrogens is 341 g/mol. The molecule has 8 nitrogen and oxygen atoms in total. The molecule has 9 heteroatoms. The van der Waals surface area contributed by atoms with Crippen molar-refractivity contribution in [2.24, 2.45) is 14.1 Å². The van der Waals surface area contributed by atoms with Crippen LogP contribution in [0.2, 0.25) is 0 Å². The van der Waals surface area contributed by atoms with Gasteiger partial charge < -0.3 is 9.88 Å². The Kier molecular flexibility index (Phi) is 4.45. The molecule has 1 atom stereocenters. The van der Waals surface area contributed by atoms with Crippen molar-refractivity contribution >= 4 is 17.1 Å². The minimum atomic E-state index is -0.717. The van der Waals surface area contributed by atoms with E-state index in [2.05, 4.69) is 10.3 Å². The Morgan fingerprint density at radius 2 is 1.85 bits per heavy atom. The molecule has 0 aliphatic heterocycles. The minimum absolute atomic E-state index is 0.180. The number of aromatic nitrogens is 4. The lowest BCUT2D eigenvalue weighted by molar-refractivity contribution is -0.123. The third-order valence-electron chi connectivity index (χ3n) is 4.35. The Labute approximate surface area is 147 Å². The van der Waals surface area contributed by atoms with Crippen molar-refractivity contribution in [1.82, 2.24) is 24.0 Å². The Bertz CT molecular complexity index is 1090. The van der Waals surface area contributed by atoms with Gasteiger partial charge in [0.2, 0.25) is 5.91 Å². The average Bonchev–Trinajstić information content (AvgIpc) is 3.08. The van der Waals surface area contributed by atoms with Crippen molar-refractivity contribution in [2.75, 3.05) is 0 Å². The number of carbonyl (C=O) groups excluding carboxylic acids is 1. The Morgan fingerprint density at radius 1 is 1.19 bits per heavy atom. The second-order valence-corrected chi connectivity index (χ2v) is 6.05. The summed E-state index contributed by atoms with van der Waals surface area (Å²) in [5, 5.41) is 2.74. The van der Waals surface area contributed by atoms with E-state index >= 15 is 0 Å². The van der Waals surface area contributed by atoms with Gasteiger partial charge in [0.25, 0.3) is 5.56 Å². The van der Waals surface area contributed by atoms with Crippen molar-refractivity contribution in [3.63, 3.8) is 0 Å². The van der Waals surface area contributed by atoms with Gasteiger partial charge in [0.1, 0.15) is 11.9 Å². The summed E-state index contributed by atoms with van der Waals surface area (Å²) in [6, 6.07) is 5.08. The molecule has 0 aliphatic rings. The monoisotopic (exact) mass is 359 g/mol. The third-order valence-corrected chi connectivity index (χ3v) is 4.35. The van der Waals surface area contributed by atoms with E-state index in [1.165, 1.54) is 41.7 Å². The largest absolute Gasteiger partial charge is 0.350 e. The number of fused-ring (bicyclic) bond motifs is 1. The first-order valence-corrected chi connectivity index (χ1v) is 7.96. The van der Waals surface area contributed by atoms with Crippen LogP contribution < -0.4 is 16.6 Å². The van der Waals surface area contributed by atoms with E-state index in [1.807, 2.05) is 0 Å². The van der Waals surface area contributed by atoms with Gasteiger partial charge in [0.15, 0.2) is 11.2 Å². The first-order chi connectivity index (χ1) is 12.3. The minimum Gasteiger partial charge on any atom is -0.350 e. The molecule has 26 heavy (non-hydrogen) atoms. The first-order valence-electron chi connectivity index (χ1n) is 7.96. The van der Waals surface area contributed by atoms with Gasteiger partial charge in [-0.15, -0.1) is 0 Å². The quantitative estimate of drug-likeness (QED) is 0.732. The molecule has 1 N–H and O–H groups in total. The van der Waals surface area contributed by atoms with Crippen molar-refractivity contribution in [3.8, 4) is 0 Å². The number of aryl methyl sites for hydroxylation is 1. The summed E-state index contributed by atoms with van der Waals surface area (Å²) in [5.41, 5.74) is 0.149. The van der Waals surface area contributed by atoms with E-state index in [-0.39, 0.29) is 29.4 Å². The van der Waals surface area contributed by atoms with Gasteiger partial charge in [-0.3, -0.25) is 18.7 Å². The molecule has 3 aromatic rings. The molecule has 3 rings (SSSR count). The van der Waals surface area contributed by atoms with E-state index < -0.39 is 17.3 Å². The summed E-state index contributed by atoms with van der Waals surface area (Å²) < 4.78 is 16.6. The van der Waals surface area contributed by atoms with Crippen LogP contribution in [0.1, 0.15) is 18.5 Å². The Hall–Kier alpha value is -3.23. The van der Waals surface area contributed by atoms with Crippen LogP contribution in [0.15, 0.2) is 40.2 Å². The van der Waals surface area contributed by atoms with Crippen LogP contribution in [-0.4, -0.2) is 24.6 Å². The highest BCUT2D eigenvalue weighted by atomic mass is 19.1. The maximum absolute atomic E-state index is 12.9. The molecule has 0 saturated carbocycles. The number of benzene rings is 1. The van der Waals surface area contributed by atoms with Crippen LogP contribution in [-0.2, 0) is 25.4 Å². The number of nitrogens with one attached hydrogen (secondary N) is 1. The van der Waals surface area contributed by atoms with Crippen molar-refractivity contribution in [2.45, 2.75) is 19.5 Å². The molecule has 0 aliphatic carbocycles. The highest BCUT2D eigenvalue weighted by Crippen LogP contribution is 2.13. The normalized spacial score (nSPS) is 12.3. The van der Waals surface area contributed by atoms with E-state index in [0.29, 0.717) is 0 Å². The zero-order valence-electron chi connectivity index (χ0n) is 14.6. The Morgan fingerprint density at radius 3 is 2.50 bits per heavy atom. The van der Waals surface area contributed by atoms with Gasteiger partial charge in [-0.2, -0.15) is 0 Å². The van der Waals surface area contributed by atoms with Crippen molar-refractivity contribution < 1.29 is 9.18 Å². The molecular formula is C17H18FN5O3. The molecule has 0 spiro atoms. The number of halogens is 1. The van der Waals surface area contributed by atoms with Crippen molar-refractivity contribution in [1.29, 1.82) is 0 Å². The molecule has 136 valence electrons. The molecule has 1 aromatic carbocycles. The fourth-order valence-electron chi connectivity index (χ4n) is 2.72. The summed E-state index contributed by atoms with van der Waals surface area (Å²) in [6.07, 6.45) is 1.37. The van der Waals surface area contributed by atoms with Crippen LogP contribution in [0.4, 0.5) is 4.39 Å². The van der Waals surface area contributed by atoms with E-state index in [1.54, 1.807) is 19.1 Å². The van der Waals surface area contributed by atoms with Gasteiger partial charge in [-0.05, 0) is 24.6 Å². The number of amides is 1. The van der Waals surface area contributed by atoms with Gasteiger partial charge >= 0.3 is 5.69 Å². The van der Waals surface area contributed by atoms with Crippen LogP contribution in [0, 0.1) is 5.82 Å². The summed E-state index contributed by atoms with van der Waals surface area (Å²) in [4.78, 5) is 41.0. The number of hydrogen-bond acceptors (Lipinski definition) is 4. The number of nitrogens with zero attached hydrogens (tertiary/aromatic N) is 4. The third kappa shape index (κ3) is 2.92. The average molecular weight is 359 g/mol. The lowest BCUT2D eigenvalue weighted by atomic mass is 10.2. The van der Waals surface area contributed by atoms with Gasteiger partial charge in [0, 0.05) is 20.6 Å². The lowest BCUT2D eigenvalue weighted by Crippen LogP contribution is -2.38. The molecule has 1 amide bonds. The molecule has 0 bridgehead atoms. The van der Waals surface area contributed by atoms with Crippen LogP contribution in [0.3, 0.4) is 0 Å². The molecule has 0 radical (unpaired) electrons. The standard InChI is InChI=1S/C17H18FN5O3/c1-10(15(24)19-8-11-4-6-12(18)7-5-11)23-9-20-14-13(23)16(25)22(3)17(26)21(14)2/h4-7,9-10H,8H2,1-3H3,(H,19,24)/t10-/m0/s1. The van der Waals surface area contributed by atoms with E-state index in [4.69, 9.17) is 0 Å². The van der Waals surface area contributed by atoms with Crippen molar-refractivity contribution in [3.05, 3.63) is 62.8 Å². The fourth-order valence-corrected chi connectivity index (χ4v) is 2.72. The zero-order valence-corrected chi connectivity index (χ0v) is 14.6. The molecule has 2 aromatic heterocycles. The SMILES string of the molecule is C[C@@H](C(=O)NCc1ccc(F)cc1)n1cnc2c1c(=O)n(C)c(=O)n2C. The van der Waals surface area contributed by atoms with Crippen LogP contribution >= 0.6 is 0 Å². The fraction of sp³-hybridized carbons (Fsp3) is 0.294. The smallest absolute Gasteiger partial charge is 0.332 e. The second kappa shape index (κ2) is 6.58. The molecule has 2 heterocycles. The summed E-state index contributed by atoms with van der Waals surface area (Å²) in [6.45, 7) is 1.86. The highest BCUT2D eigenvalue weighted by molar-refractivity contribution is 5.82. The predicted octanol–water partition coefficient (Wildman–Crippen LogP) is 0.450. The second-order valence-electron chi connectivity index (χ2n) is 6.05. The summed E-state index contributed by atoms with van der Waals surface area (Å²) >= 11 is 0. The molecule has 0 fully saturated rings. The lowest BCUT2D eigenvalue weighted by Gasteiger charge is -2.15. The van der Waals surface area contributed by atoms with Gasteiger partial charge in [-0.1, -0.05) is 12.1 Å². The highest BCUT2D eigenvalue weighted by Gasteiger charge is 2.21.